The fourth-order valence-electron chi connectivity index (χ4n) is 5.04. The Kier molecular flexibility index (Phi) is 6.98. The molecule has 3 aromatic rings. The van der Waals surface area contributed by atoms with Gasteiger partial charge in [-0.25, -0.2) is 8.42 Å². The Morgan fingerprint density at radius 2 is 1.68 bits per heavy atom. The second kappa shape index (κ2) is 9.93. The third-order valence-electron chi connectivity index (χ3n) is 6.82. The Labute approximate surface area is 226 Å². The molecule has 2 aliphatic heterocycles. The zero-order valence-corrected chi connectivity index (χ0v) is 23.1. The number of aryl methyl sites for hydroxylation is 1. The number of hydrogen-bond donors (Lipinski definition) is 0. The first-order valence-electron chi connectivity index (χ1n) is 12.0. The molecule has 1 saturated heterocycles. The minimum absolute atomic E-state index is 0.158. The number of anilines is 1. The van der Waals surface area contributed by atoms with Gasteiger partial charge in [-0.1, -0.05) is 23.2 Å². The van der Waals surface area contributed by atoms with E-state index < -0.39 is 10.0 Å². The van der Waals surface area contributed by atoms with Crippen LogP contribution in [0.3, 0.4) is 0 Å². The van der Waals surface area contributed by atoms with Crippen LogP contribution in [-0.4, -0.2) is 56.0 Å². The van der Waals surface area contributed by atoms with Crippen LogP contribution in [0.5, 0.6) is 0 Å². The number of amides is 1. The molecule has 5 rings (SSSR count). The predicted molar refractivity (Wildman–Crippen MR) is 147 cm³/mol. The number of sulfonamides is 1. The highest BCUT2D eigenvalue weighted by Gasteiger charge is 2.34. The van der Waals surface area contributed by atoms with E-state index >= 15 is 0 Å². The number of ether oxygens (including phenoxy) is 1. The van der Waals surface area contributed by atoms with Crippen LogP contribution < -0.4 is 4.90 Å². The fraction of sp³-hybridized carbons (Fsp3) is 0.296. The van der Waals surface area contributed by atoms with Crippen molar-refractivity contribution in [2.45, 2.75) is 25.7 Å². The molecule has 2 aliphatic rings. The lowest BCUT2D eigenvalue weighted by Crippen LogP contribution is -2.40. The Morgan fingerprint density at radius 3 is 2.32 bits per heavy atom. The van der Waals surface area contributed by atoms with E-state index in [9.17, 15) is 13.2 Å². The van der Waals surface area contributed by atoms with E-state index in [0.29, 0.717) is 59.7 Å². The summed E-state index contributed by atoms with van der Waals surface area (Å²) in [6.07, 6.45) is 1.84. The van der Waals surface area contributed by atoms with E-state index in [4.69, 9.17) is 27.9 Å². The molecule has 0 N–H and O–H groups in total. The Balaban J connectivity index is 1.61. The number of carbonyl (C=O) groups excluding carboxylic acids is 1. The number of halogens is 2. The van der Waals surface area contributed by atoms with E-state index in [1.165, 1.54) is 4.31 Å². The summed E-state index contributed by atoms with van der Waals surface area (Å²) in [6, 6.07) is 12.3. The number of hydrogen-bond acceptors (Lipinski definition) is 4. The number of benzene rings is 2. The molecule has 0 bridgehead atoms. The molecule has 1 aromatic heterocycles. The molecule has 3 heterocycles. The van der Waals surface area contributed by atoms with Crippen molar-refractivity contribution < 1.29 is 17.9 Å². The van der Waals surface area contributed by atoms with Crippen LogP contribution in [0.15, 0.2) is 47.4 Å². The molecule has 0 atom stereocenters. The monoisotopic (exact) mass is 559 g/mol. The molecule has 7 nitrogen and oxygen atoms in total. The largest absolute Gasteiger partial charge is 0.379 e. The van der Waals surface area contributed by atoms with Gasteiger partial charge in [-0.3, -0.25) is 4.79 Å². The fourth-order valence-corrected chi connectivity index (χ4v) is 6.99. The number of aromatic nitrogens is 1. The van der Waals surface area contributed by atoms with Crippen LogP contribution >= 0.6 is 23.2 Å². The number of morpholine rings is 1. The highest BCUT2D eigenvalue weighted by Crippen LogP contribution is 2.40. The number of nitrogens with zero attached hydrogens (tertiary/aromatic N) is 3. The average Bonchev–Trinajstić information content (AvgIpc) is 3.30. The van der Waals surface area contributed by atoms with Crippen molar-refractivity contribution >= 4 is 56.5 Å². The zero-order chi connectivity index (χ0) is 26.5. The van der Waals surface area contributed by atoms with Crippen molar-refractivity contribution in [2.75, 3.05) is 37.7 Å². The molecule has 10 heteroatoms. The molecule has 0 radical (unpaired) electrons. The minimum Gasteiger partial charge on any atom is -0.379 e. The van der Waals surface area contributed by atoms with E-state index in [1.807, 2.05) is 49.6 Å². The first-order valence-corrected chi connectivity index (χ1v) is 14.2. The van der Waals surface area contributed by atoms with Crippen LogP contribution in [0, 0.1) is 13.8 Å². The summed E-state index contributed by atoms with van der Waals surface area (Å²) in [7, 11) is -3.71. The lowest BCUT2D eigenvalue weighted by Gasteiger charge is -2.26. The van der Waals surface area contributed by atoms with Crippen LogP contribution in [0.1, 0.15) is 29.4 Å². The second-order valence-electron chi connectivity index (χ2n) is 9.09. The van der Waals surface area contributed by atoms with Gasteiger partial charge in [0.1, 0.15) is 0 Å². The number of rotatable bonds is 5. The molecule has 0 spiro atoms. The maximum Gasteiger partial charge on any atom is 0.258 e. The molecule has 2 aromatic carbocycles. The van der Waals surface area contributed by atoms with E-state index in [1.54, 1.807) is 29.2 Å². The summed E-state index contributed by atoms with van der Waals surface area (Å²) in [5.41, 5.74) is 5.30. The van der Waals surface area contributed by atoms with E-state index in [2.05, 4.69) is 0 Å². The maximum absolute atomic E-state index is 13.5. The number of fused-ring (bicyclic) bond motifs is 1. The first kappa shape index (κ1) is 26.0. The molecule has 0 aliphatic carbocycles. The van der Waals surface area contributed by atoms with Crippen molar-refractivity contribution in [3.8, 4) is 5.69 Å². The summed E-state index contributed by atoms with van der Waals surface area (Å²) < 4.78 is 35.4. The highest BCUT2D eigenvalue weighted by atomic mass is 35.5. The first-order chi connectivity index (χ1) is 17.6. The Hall–Kier alpha value is -2.62. The number of carbonyl (C=O) groups is 1. The minimum atomic E-state index is -3.71. The van der Waals surface area contributed by atoms with E-state index in [-0.39, 0.29) is 10.8 Å². The summed E-state index contributed by atoms with van der Waals surface area (Å²) in [4.78, 5) is 15.3. The lowest BCUT2D eigenvalue weighted by molar-refractivity contribution is -0.112. The molecule has 1 amide bonds. The van der Waals surface area contributed by atoms with Gasteiger partial charge >= 0.3 is 0 Å². The predicted octanol–water partition coefficient (Wildman–Crippen LogP) is 5.33. The molecular weight excluding hydrogens is 533 g/mol. The second-order valence-corrected chi connectivity index (χ2v) is 11.9. The topological polar surface area (TPSA) is 71.9 Å². The van der Waals surface area contributed by atoms with Gasteiger partial charge in [0, 0.05) is 57.9 Å². The molecule has 194 valence electrons. The van der Waals surface area contributed by atoms with Crippen molar-refractivity contribution in [2.24, 2.45) is 0 Å². The third kappa shape index (κ3) is 4.62. The van der Waals surface area contributed by atoms with Gasteiger partial charge in [0.15, 0.2) is 0 Å². The molecule has 37 heavy (non-hydrogen) atoms. The summed E-state index contributed by atoms with van der Waals surface area (Å²) >= 11 is 12.5. The van der Waals surface area contributed by atoms with Crippen molar-refractivity contribution in [1.82, 2.24) is 8.87 Å². The normalized spacial score (nSPS) is 17.6. The maximum atomic E-state index is 13.5. The van der Waals surface area contributed by atoms with Gasteiger partial charge in [0.2, 0.25) is 10.0 Å². The van der Waals surface area contributed by atoms with Gasteiger partial charge in [-0.2, -0.15) is 4.31 Å². The highest BCUT2D eigenvalue weighted by molar-refractivity contribution is 7.89. The smallest absolute Gasteiger partial charge is 0.258 e. The van der Waals surface area contributed by atoms with Crippen LogP contribution in [0.2, 0.25) is 10.0 Å². The van der Waals surface area contributed by atoms with Crippen LogP contribution in [0.4, 0.5) is 5.69 Å². The standard InChI is InChI=1S/C27H27Cl2N3O4S/c1-4-31-26-6-5-23(37(34,35)30-7-9-36-10-8-30)16-24(26)25(27(31)33)12-19-11-17(2)32(18(19)3)22-14-20(28)13-21(29)15-22/h5-6,11-16H,4,7-10H2,1-3H3. The summed E-state index contributed by atoms with van der Waals surface area (Å²) in [5, 5.41) is 1.06. The third-order valence-corrected chi connectivity index (χ3v) is 9.16. The average molecular weight is 561 g/mol. The molecule has 0 unspecified atom stereocenters. The van der Waals surface area contributed by atoms with Crippen molar-refractivity contribution in [1.29, 1.82) is 0 Å². The Morgan fingerprint density at radius 1 is 1.00 bits per heavy atom. The van der Waals surface area contributed by atoms with Gasteiger partial charge in [-0.15, -0.1) is 0 Å². The molecular formula is C27H27Cl2N3O4S. The van der Waals surface area contributed by atoms with Gasteiger partial charge < -0.3 is 14.2 Å². The number of likely N-dealkylation sites (N-methyl/N-ethyl adjacent to an activating group) is 1. The lowest BCUT2D eigenvalue weighted by atomic mass is 10.0. The zero-order valence-electron chi connectivity index (χ0n) is 20.8. The van der Waals surface area contributed by atoms with E-state index in [0.717, 1.165) is 22.6 Å². The van der Waals surface area contributed by atoms with Gasteiger partial charge in [-0.05, 0) is 74.9 Å². The van der Waals surface area contributed by atoms with Crippen molar-refractivity contribution in [3.63, 3.8) is 0 Å². The van der Waals surface area contributed by atoms with Crippen LogP contribution in [0.25, 0.3) is 17.3 Å². The molecule has 0 saturated carbocycles. The quantitative estimate of drug-likeness (QED) is 0.396. The van der Waals surface area contributed by atoms with Gasteiger partial charge in [0.25, 0.3) is 5.91 Å². The summed E-state index contributed by atoms with van der Waals surface area (Å²) in [6.45, 7) is 7.65. The molecule has 1 fully saturated rings. The van der Waals surface area contributed by atoms with Crippen molar-refractivity contribution in [3.05, 3.63) is 75.0 Å². The van der Waals surface area contributed by atoms with Gasteiger partial charge in [0.05, 0.1) is 23.8 Å². The SMILES string of the molecule is CCN1C(=O)C(=Cc2cc(C)n(-c3cc(Cl)cc(Cl)c3)c2C)c2cc(S(=O)(=O)N3CCOCC3)ccc21. The Bertz CT molecular complexity index is 1520. The van der Waals surface area contributed by atoms with Crippen LogP contribution in [-0.2, 0) is 19.6 Å². The summed E-state index contributed by atoms with van der Waals surface area (Å²) in [5.74, 6) is -0.158.